The molecule has 0 amide bonds. The molecule has 0 radical (unpaired) electrons. The summed E-state index contributed by atoms with van der Waals surface area (Å²) < 4.78 is 30.0. The van der Waals surface area contributed by atoms with E-state index in [9.17, 15) is 18.4 Å². The summed E-state index contributed by atoms with van der Waals surface area (Å²) in [5.74, 6) is -0.702. The Morgan fingerprint density at radius 2 is 2.24 bits per heavy atom. The number of carbonyl (C=O) groups is 1. The van der Waals surface area contributed by atoms with Crippen LogP contribution in [-0.2, 0) is 16.0 Å². The highest BCUT2D eigenvalue weighted by Crippen LogP contribution is 2.28. The Balaban J connectivity index is 3.12. The lowest BCUT2D eigenvalue weighted by molar-refractivity contribution is -0.142. The molecule has 0 spiro atoms. The average molecular weight is 266 g/mol. The Hall–Kier alpha value is -1.43. The van der Waals surface area contributed by atoms with E-state index in [-0.39, 0.29) is 17.3 Å². The number of H-pyrrole nitrogens is 1. The molecule has 0 atom stereocenters. The first-order chi connectivity index (χ1) is 7.95. The van der Waals surface area contributed by atoms with Crippen molar-refractivity contribution in [3.8, 4) is 0 Å². The zero-order chi connectivity index (χ0) is 13.0. The molecule has 0 aliphatic rings. The van der Waals surface area contributed by atoms with Gasteiger partial charge in [0.15, 0.2) is 0 Å². The quantitative estimate of drug-likeness (QED) is 0.848. The predicted octanol–water partition coefficient (Wildman–Crippen LogP) is 2.07. The van der Waals surface area contributed by atoms with Gasteiger partial charge in [0.2, 0.25) is 5.56 Å². The maximum absolute atomic E-state index is 12.7. The predicted molar refractivity (Wildman–Crippen MR) is 57.4 cm³/mol. The van der Waals surface area contributed by atoms with Gasteiger partial charge >= 0.3 is 5.97 Å². The van der Waals surface area contributed by atoms with Gasteiger partial charge in [0, 0.05) is 11.8 Å². The van der Waals surface area contributed by atoms with Gasteiger partial charge in [-0.05, 0) is 6.92 Å². The lowest BCUT2D eigenvalue weighted by Gasteiger charge is -2.09. The summed E-state index contributed by atoms with van der Waals surface area (Å²) >= 11 is 5.54. The maximum atomic E-state index is 12.7. The van der Waals surface area contributed by atoms with E-state index in [2.05, 4.69) is 9.72 Å². The topological polar surface area (TPSA) is 59.2 Å². The molecule has 1 aromatic heterocycles. The molecule has 0 aliphatic carbocycles. The van der Waals surface area contributed by atoms with Gasteiger partial charge in [0.25, 0.3) is 6.43 Å². The van der Waals surface area contributed by atoms with Crippen LogP contribution in [0.4, 0.5) is 8.78 Å². The van der Waals surface area contributed by atoms with E-state index in [0.717, 1.165) is 6.07 Å². The van der Waals surface area contributed by atoms with Crippen LogP contribution in [0.15, 0.2) is 10.9 Å². The summed E-state index contributed by atoms with van der Waals surface area (Å²) in [5.41, 5.74) is -1.39. The molecule has 7 heteroatoms. The highest BCUT2D eigenvalue weighted by atomic mass is 35.5. The van der Waals surface area contributed by atoms with E-state index < -0.39 is 29.9 Å². The van der Waals surface area contributed by atoms with Crippen LogP contribution in [0.25, 0.3) is 0 Å². The first-order valence-electron chi connectivity index (χ1n) is 4.81. The van der Waals surface area contributed by atoms with Crippen molar-refractivity contribution >= 4 is 17.6 Å². The monoisotopic (exact) mass is 265 g/mol. The van der Waals surface area contributed by atoms with Crippen LogP contribution in [0.5, 0.6) is 0 Å². The van der Waals surface area contributed by atoms with Crippen LogP contribution >= 0.6 is 11.6 Å². The second-order valence-corrected chi connectivity index (χ2v) is 3.56. The molecule has 94 valence electrons. The number of hydrogen-bond acceptors (Lipinski definition) is 3. The number of pyridine rings is 1. The number of aromatic amines is 1. The fourth-order valence-electron chi connectivity index (χ4n) is 1.32. The summed E-state index contributed by atoms with van der Waals surface area (Å²) in [6, 6.07) is 0.845. The van der Waals surface area contributed by atoms with Gasteiger partial charge in [-0.15, -0.1) is 0 Å². The van der Waals surface area contributed by atoms with Gasteiger partial charge in [-0.3, -0.25) is 9.59 Å². The zero-order valence-corrected chi connectivity index (χ0v) is 9.68. The van der Waals surface area contributed by atoms with Crippen LogP contribution in [-0.4, -0.2) is 17.6 Å². The number of esters is 1. The van der Waals surface area contributed by atoms with Gasteiger partial charge in [-0.1, -0.05) is 11.6 Å². The van der Waals surface area contributed by atoms with Gasteiger partial charge in [0.05, 0.1) is 23.6 Å². The highest BCUT2D eigenvalue weighted by molar-refractivity contribution is 6.31. The van der Waals surface area contributed by atoms with E-state index in [4.69, 9.17) is 11.6 Å². The first kappa shape index (κ1) is 13.6. The smallest absolute Gasteiger partial charge is 0.311 e. The molecule has 0 saturated heterocycles. The molecular weight excluding hydrogens is 256 g/mol. The molecule has 0 aromatic carbocycles. The van der Waals surface area contributed by atoms with Crippen LogP contribution < -0.4 is 5.56 Å². The van der Waals surface area contributed by atoms with Gasteiger partial charge in [-0.25, -0.2) is 8.78 Å². The van der Waals surface area contributed by atoms with Crippen LogP contribution in [0.2, 0.25) is 5.02 Å². The van der Waals surface area contributed by atoms with E-state index in [1.807, 2.05) is 0 Å². The molecule has 4 nitrogen and oxygen atoms in total. The summed E-state index contributed by atoms with van der Waals surface area (Å²) in [4.78, 5) is 24.4. The Morgan fingerprint density at radius 3 is 2.76 bits per heavy atom. The van der Waals surface area contributed by atoms with Crippen molar-refractivity contribution in [3.05, 3.63) is 32.7 Å². The number of rotatable bonds is 4. The fraction of sp³-hybridized carbons (Fsp3) is 0.400. The van der Waals surface area contributed by atoms with Crippen LogP contribution in [0, 0.1) is 0 Å². The van der Waals surface area contributed by atoms with Gasteiger partial charge < -0.3 is 9.72 Å². The number of carbonyl (C=O) groups excluding carboxylic acids is 1. The molecule has 1 aromatic rings. The SMILES string of the molecule is CCOC(=O)Cc1[nH]c(=O)cc(Cl)c1C(F)F. The van der Waals surface area contributed by atoms with Crippen molar-refractivity contribution < 1.29 is 18.3 Å². The third-order valence-corrected chi connectivity index (χ3v) is 2.27. The fourth-order valence-corrected chi connectivity index (χ4v) is 1.62. The van der Waals surface area contributed by atoms with Crippen molar-refractivity contribution in [3.63, 3.8) is 0 Å². The van der Waals surface area contributed by atoms with E-state index in [0.29, 0.717) is 0 Å². The third kappa shape index (κ3) is 3.52. The standard InChI is InChI=1S/C10H10ClF2NO3/c1-2-17-8(16)4-6-9(10(12)13)5(11)3-7(15)14-6/h3,10H,2,4H2,1H3,(H,14,15). The third-order valence-electron chi connectivity index (χ3n) is 1.96. The van der Waals surface area contributed by atoms with Gasteiger partial charge in [0.1, 0.15) is 0 Å². The second-order valence-electron chi connectivity index (χ2n) is 3.16. The normalized spacial score (nSPS) is 10.6. The molecule has 0 bridgehead atoms. The number of nitrogens with one attached hydrogen (secondary N) is 1. The molecule has 0 unspecified atom stereocenters. The Bertz CT molecular complexity index is 473. The van der Waals surface area contributed by atoms with Crippen molar-refractivity contribution in [2.24, 2.45) is 0 Å². The van der Waals surface area contributed by atoms with Crippen molar-refractivity contribution in [1.29, 1.82) is 0 Å². The highest BCUT2D eigenvalue weighted by Gasteiger charge is 2.20. The van der Waals surface area contributed by atoms with E-state index in [1.165, 1.54) is 0 Å². The summed E-state index contributed by atoms with van der Waals surface area (Å²) in [5, 5.41) is -0.358. The number of alkyl halides is 2. The molecule has 17 heavy (non-hydrogen) atoms. The number of hydrogen-bond donors (Lipinski definition) is 1. The molecule has 1 heterocycles. The molecule has 1 N–H and O–H groups in total. The summed E-state index contributed by atoms with van der Waals surface area (Å²) in [6.07, 6.45) is -3.31. The summed E-state index contributed by atoms with van der Waals surface area (Å²) in [6.45, 7) is 1.72. The number of aromatic nitrogens is 1. The lowest BCUT2D eigenvalue weighted by Crippen LogP contribution is -2.16. The van der Waals surface area contributed by atoms with Crippen molar-refractivity contribution in [1.82, 2.24) is 4.98 Å². The first-order valence-corrected chi connectivity index (χ1v) is 5.18. The summed E-state index contributed by atoms with van der Waals surface area (Å²) in [7, 11) is 0. The minimum atomic E-state index is -2.87. The average Bonchev–Trinajstić information content (AvgIpc) is 2.15. The largest absolute Gasteiger partial charge is 0.466 e. The minimum Gasteiger partial charge on any atom is -0.466 e. The molecule has 0 saturated carbocycles. The van der Waals surface area contributed by atoms with Crippen LogP contribution in [0.1, 0.15) is 24.6 Å². The number of halogens is 3. The Morgan fingerprint density at radius 1 is 1.59 bits per heavy atom. The van der Waals surface area contributed by atoms with Crippen LogP contribution in [0.3, 0.4) is 0 Å². The molecule has 1 rings (SSSR count). The second kappa shape index (κ2) is 5.77. The van der Waals surface area contributed by atoms with E-state index >= 15 is 0 Å². The minimum absolute atomic E-state index is 0.133. The number of ether oxygens (including phenoxy) is 1. The lowest BCUT2D eigenvalue weighted by atomic mass is 10.1. The van der Waals surface area contributed by atoms with Crippen molar-refractivity contribution in [2.75, 3.05) is 6.61 Å². The van der Waals surface area contributed by atoms with E-state index in [1.54, 1.807) is 6.92 Å². The van der Waals surface area contributed by atoms with Gasteiger partial charge in [-0.2, -0.15) is 0 Å². The molecule has 0 aliphatic heterocycles. The Labute approximate surface area is 101 Å². The molecular formula is C10H10ClF2NO3. The zero-order valence-electron chi connectivity index (χ0n) is 8.93. The maximum Gasteiger partial charge on any atom is 0.311 e. The Kier molecular flexibility index (Phi) is 4.62. The van der Waals surface area contributed by atoms with Crippen molar-refractivity contribution in [2.45, 2.75) is 19.8 Å². The molecule has 0 fully saturated rings.